The Balaban J connectivity index is 1.82. The number of carbonyl (C=O) groups excluding carboxylic acids is 1. The van der Waals surface area contributed by atoms with Crippen LogP contribution in [0.15, 0.2) is 24.3 Å². The molecular formula is C18H23N3O2. The highest BCUT2D eigenvalue weighted by molar-refractivity contribution is 5.77. The van der Waals surface area contributed by atoms with Crippen LogP contribution in [0.1, 0.15) is 25.1 Å². The molecule has 0 aliphatic heterocycles. The van der Waals surface area contributed by atoms with E-state index in [1.54, 1.807) is 0 Å². The number of nitrogens with one attached hydrogen (secondary N) is 1. The second-order valence-corrected chi connectivity index (χ2v) is 5.40. The molecule has 1 N–H and O–H groups in total. The number of amides is 1. The summed E-state index contributed by atoms with van der Waals surface area (Å²) in [6.07, 6.45) is 9.37. The molecule has 1 amide bonds. The number of ether oxygens (including phenoxy) is 1. The predicted octanol–water partition coefficient (Wildman–Crippen LogP) is 2.14. The van der Waals surface area contributed by atoms with Crippen molar-refractivity contribution < 1.29 is 9.53 Å². The summed E-state index contributed by atoms with van der Waals surface area (Å²) in [7, 11) is 1.52. The van der Waals surface area contributed by atoms with Crippen molar-refractivity contribution in [1.82, 2.24) is 14.9 Å². The van der Waals surface area contributed by atoms with E-state index in [-0.39, 0.29) is 12.5 Å². The number of aryl methyl sites for hydroxylation is 1. The molecule has 0 radical (unpaired) electrons. The Morgan fingerprint density at radius 3 is 2.96 bits per heavy atom. The van der Waals surface area contributed by atoms with E-state index in [1.807, 2.05) is 18.2 Å². The van der Waals surface area contributed by atoms with Gasteiger partial charge in [0.1, 0.15) is 12.4 Å². The summed E-state index contributed by atoms with van der Waals surface area (Å²) in [5.74, 6) is 3.67. The van der Waals surface area contributed by atoms with Crippen molar-refractivity contribution in [2.45, 2.75) is 32.2 Å². The molecule has 0 fully saturated rings. The van der Waals surface area contributed by atoms with Crippen LogP contribution >= 0.6 is 0 Å². The second kappa shape index (κ2) is 8.96. The van der Waals surface area contributed by atoms with E-state index < -0.39 is 0 Å². The number of nitrogens with zero attached hydrogens (tertiary/aromatic N) is 2. The zero-order valence-corrected chi connectivity index (χ0v) is 13.5. The van der Waals surface area contributed by atoms with Crippen LogP contribution < -0.4 is 5.32 Å². The maximum Gasteiger partial charge on any atom is 0.245 e. The molecule has 23 heavy (non-hydrogen) atoms. The Bertz CT molecular complexity index is 685. The molecule has 1 aromatic heterocycles. The number of aromatic nitrogens is 2. The van der Waals surface area contributed by atoms with Gasteiger partial charge in [-0.3, -0.25) is 4.79 Å². The van der Waals surface area contributed by atoms with Crippen molar-refractivity contribution in [3.8, 4) is 12.3 Å². The maximum absolute atomic E-state index is 11.2. The third-order valence-corrected chi connectivity index (χ3v) is 3.66. The lowest BCUT2D eigenvalue weighted by atomic mass is 10.2. The molecule has 0 aliphatic carbocycles. The van der Waals surface area contributed by atoms with E-state index in [9.17, 15) is 4.79 Å². The van der Waals surface area contributed by atoms with Crippen LogP contribution in [0.5, 0.6) is 0 Å². The van der Waals surface area contributed by atoms with Gasteiger partial charge in [0.05, 0.1) is 17.6 Å². The highest BCUT2D eigenvalue weighted by Crippen LogP contribution is 2.17. The molecule has 5 nitrogen and oxygen atoms in total. The minimum Gasteiger partial charge on any atom is -0.375 e. The Hall–Kier alpha value is -2.32. The quantitative estimate of drug-likeness (QED) is 0.570. The van der Waals surface area contributed by atoms with Gasteiger partial charge in [0.15, 0.2) is 0 Å². The predicted molar refractivity (Wildman–Crippen MR) is 91.0 cm³/mol. The van der Waals surface area contributed by atoms with Crippen LogP contribution in [0.25, 0.3) is 11.0 Å². The number of carbonyl (C=O) groups is 1. The van der Waals surface area contributed by atoms with Gasteiger partial charge < -0.3 is 14.6 Å². The highest BCUT2D eigenvalue weighted by atomic mass is 16.5. The Morgan fingerprint density at radius 1 is 1.35 bits per heavy atom. The topological polar surface area (TPSA) is 56.2 Å². The van der Waals surface area contributed by atoms with Gasteiger partial charge >= 0.3 is 0 Å². The van der Waals surface area contributed by atoms with E-state index >= 15 is 0 Å². The molecule has 0 bridgehead atoms. The van der Waals surface area contributed by atoms with E-state index in [2.05, 4.69) is 26.9 Å². The standard InChI is InChI=1S/C18H23N3O2/c1-3-13-21-16-10-7-6-9-15(16)20-17(21)11-5-4-8-12-19-18(22)14-23-2/h1,6-7,9-10H,4-5,8,11-14H2,2H3,(H,19,22). The van der Waals surface area contributed by atoms with Gasteiger partial charge in [-0.2, -0.15) is 0 Å². The van der Waals surface area contributed by atoms with Gasteiger partial charge in [-0.25, -0.2) is 4.98 Å². The lowest BCUT2D eigenvalue weighted by Crippen LogP contribution is -2.27. The molecule has 2 rings (SSSR count). The summed E-state index contributed by atoms with van der Waals surface area (Å²) >= 11 is 0. The summed E-state index contributed by atoms with van der Waals surface area (Å²) in [5, 5.41) is 2.82. The first-order chi connectivity index (χ1) is 11.3. The molecule has 0 unspecified atom stereocenters. The smallest absolute Gasteiger partial charge is 0.245 e. The van der Waals surface area contributed by atoms with Crippen LogP contribution in [-0.4, -0.2) is 35.7 Å². The first kappa shape index (κ1) is 17.0. The van der Waals surface area contributed by atoms with Crippen LogP contribution in [0, 0.1) is 12.3 Å². The fraction of sp³-hybridized carbons (Fsp3) is 0.444. The fourth-order valence-corrected chi connectivity index (χ4v) is 2.58. The summed E-state index contributed by atoms with van der Waals surface area (Å²) in [5.41, 5.74) is 2.08. The van der Waals surface area contributed by atoms with Gasteiger partial charge in [-0.1, -0.05) is 24.5 Å². The molecule has 0 spiro atoms. The molecule has 0 aliphatic rings. The van der Waals surface area contributed by atoms with E-state index in [4.69, 9.17) is 11.2 Å². The third-order valence-electron chi connectivity index (χ3n) is 3.66. The van der Waals surface area contributed by atoms with Crippen molar-refractivity contribution in [1.29, 1.82) is 0 Å². The van der Waals surface area contributed by atoms with Crippen LogP contribution in [-0.2, 0) is 22.5 Å². The van der Waals surface area contributed by atoms with Gasteiger partial charge in [-0.05, 0) is 25.0 Å². The van der Waals surface area contributed by atoms with Gasteiger partial charge in [0.25, 0.3) is 0 Å². The number of benzene rings is 1. The van der Waals surface area contributed by atoms with E-state index in [0.717, 1.165) is 42.5 Å². The normalized spacial score (nSPS) is 10.6. The first-order valence-corrected chi connectivity index (χ1v) is 7.89. The SMILES string of the molecule is C#CCn1c(CCCCCNC(=O)COC)nc2ccccc21. The average Bonchev–Trinajstić information content (AvgIpc) is 2.89. The van der Waals surface area contributed by atoms with Crippen molar-refractivity contribution in [2.24, 2.45) is 0 Å². The van der Waals surface area contributed by atoms with E-state index in [0.29, 0.717) is 13.1 Å². The Labute approximate surface area is 137 Å². The molecule has 122 valence electrons. The minimum atomic E-state index is -0.0664. The minimum absolute atomic E-state index is 0.0664. The molecule has 0 atom stereocenters. The van der Waals surface area contributed by atoms with Crippen molar-refractivity contribution >= 4 is 16.9 Å². The van der Waals surface area contributed by atoms with Crippen LogP contribution in [0.4, 0.5) is 0 Å². The number of rotatable bonds is 9. The number of terminal acetylenes is 1. The first-order valence-electron chi connectivity index (χ1n) is 7.89. The Kier molecular flexibility index (Phi) is 6.64. The number of imidazole rings is 1. The van der Waals surface area contributed by atoms with E-state index in [1.165, 1.54) is 7.11 Å². The molecule has 0 saturated carbocycles. The van der Waals surface area contributed by atoms with Crippen LogP contribution in [0.3, 0.4) is 0 Å². The van der Waals surface area contributed by atoms with Crippen molar-refractivity contribution in [2.75, 3.05) is 20.3 Å². The maximum atomic E-state index is 11.2. The largest absolute Gasteiger partial charge is 0.375 e. The number of fused-ring (bicyclic) bond motifs is 1. The third kappa shape index (κ3) is 4.83. The number of hydrogen-bond donors (Lipinski definition) is 1. The number of methoxy groups -OCH3 is 1. The number of unbranched alkanes of at least 4 members (excludes halogenated alkanes) is 2. The molecule has 2 aromatic rings. The van der Waals surface area contributed by atoms with Gasteiger partial charge in [0.2, 0.25) is 5.91 Å². The summed E-state index contributed by atoms with van der Waals surface area (Å²) in [6, 6.07) is 8.05. The summed E-state index contributed by atoms with van der Waals surface area (Å²) in [4.78, 5) is 15.9. The molecule has 1 aromatic carbocycles. The van der Waals surface area contributed by atoms with Crippen molar-refractivity contribution in [3.63, 3.8) is 0 Å². The molecule has 5 heteroatoms. The average molecular weight is 313 g/mol. The fourth-order valence-electron chi connectivity index (χ4n) is 2.58. The monoisotopic (exact) mass is 313 g/mol. The lowest BCUT2D eigenvalue weighted by Gasteiger charge is -2.06. The molecule has 1 heterocycles. The summed E-state index contributed by atoms with van der Waals surface area (Å²) < 4.78 is 6.87. The zero-order valence-electron chi connectivity index (χ0n) is 13.5. The second-order valence-electron chi connectivity index (χ2n) is 5.40. The number of hydrogen-bond acceptors (Lipinski definition) is 3. The number of para-hydroxylation sites is 2. The molecule has 0 saturated heterocycles. The molecular weight excluding hydrogens is 290 g/mol. The lowest BCUT2D eigenvalue weighted by molar-refractivity contribution is -0.124. The zero-order chi connectivity index (χ0) is 16.5. The van der Waals surface area contributed by atoms with Crippen LogP contribution in [0.2, 0.25) is 0 Å². The van der Waals surface area contributed by atoms with Gasteiger partial charge in [0, 0.05) is 20.1 Å². The summed E-state index contributed by atoms with van der Waals surface area (Å²) in [6.45, 7) is 1.35. The highest BCUT2D eigenvalue weighted by Gasteiger charge is 2.09. The Morgan fingerprint density at radius 2 is 2.17 bits per heavy atom. The van der Waals surface area contributed by atoms with Gasteiger partial charge in [-0.15, -0.1) is 6.42 Å². The van der Waals surface area contributed by atoms with Crippen molar-refractivity contribution in [3.05, 3.63) is 30.1 Å².